The summed E-state index contributed by atoms with van der Waals surface area (Å²) in [6, 6.07) is 24.4. The fraction of sp³-hybridized carbons (Fsp3) is 0.200. The fourth-order valence-electron chi connectivity index (χ4n) is 3.04. The van der Waals surface area contributed by atoms with Gasteiger partial charge in [-0.1, -0.05) is 54.6 Å². The third-order valence-electron chi connectivity index (χ3n) is 4.79. The lowest BCUT2D eigenvalue weighted by Crippen LogP contribution is -2.24. The van der Waals surface area contributed by atoms with Crippen molar-refractivity contribution < 1.29 is 24.2 Å². The lowest BCUT2D eigenvalue weighted by atomic mass is 10.0. The van der Waals surface area contributed by atoms with Crippen LogP contribution in [0.3, 0.4) is 0 Å². The number of ether oxygens (including phenoxy) is 2. The summed E-state index contributed by atoms with van der Waals surface area (Å²) < 4.78 is 10.8. The molecule has 0 fully saturated rings. The quantitative estimate of drug-likeness (QED) is 0.509. The van der Waals surface area contributed by atoms with Gasteiger partial charge in [0.05, 0.1) is 0 Å². The number of hydrogen-bond acceptors (Lipinski definition) is 4. The number of hydrogen-bond donors (Lipinski definition) is 1. The van der Waals surface area contributed by atoms with E-state index in [4.69, 9.17) is 14.6 Å². The zero-order chi connectivity index (χ0) is 21.3. The maximum Gasteiger partial charge on any atom is 0.333 e. The van der Waals surface area contributed by atoms with E-state index >= 15 is 0 Å². The molecule has 0 aliphatic heterocycles. The van der Waals surface area contributed by atoms with E-state index in [9.17, 15) is 9.59 Å². The molecule has 3 rings (SSSR count). The number of carboxylic acid groups (broad SMARTS) is 1. The molecule has 3 aromatic carbocycles. The maximum atomic E-state index is 12.4. The Bertz CT molecular complexity index is 963. The Kier molecular flexibility index (Phi) is 7.35. The van der Waals surface area contributed by atoms with Crippen LogP contribution >= 0.6 is 0 Å². The molecular weight excluding hydrogens is 380 g/mol. The topological polar surface area (TPSA) is 72.8 Å². The number of carbonyl (C=O) groups is 2. The molecule has 3 aromatic rings. The maximum absolute atomic E-state index is 12.4. The van der Waals surface area contributed by atoms with E-state index in [1.807, 2.05) is 54.6 Å². The first-order chi connectivity index (χ1) is 14.5. The Balaban J connectivity index is 1.52. The molecule has 0 unspecified atom stereocenters. The SMILES string of the molecule is CO[C@@H](Cc1ccc(COc2ccc(C(=O)Cc3ccccc3)cc2)cc1)C(=O)O. The molecule has 1 atom stereocenters. The van der Waals surface area contributed by atoms with Crippen molar-refractivity contribution in [3.8, 4) is 5.75 Å². The highest BCUT2D eigenvalue weighted by Crippen LogP contribution is 2.17. The largest absolute Gasteiger partial charge is 0.489 e. The van der Waals surface area contributed by atoms with Crippen LogP contribution in [0, 0.1) is 0 Å². The van der Waals surface area contributed by atoms with Crippen molar-refractivity contribution in [2.24, 2.45) is 0 Å². The molecule has 0 amide bonds. The van der Waals surface area contributed by atoms with E-state index in [1.165, 1.54) is 7.11 Å². The Labute approximate surface area is 175 Å². The van der Waals surface area contributed by atoms with Gasteiger partial charge in [0.1, 0.15) is 12.4 Å². The van der Waals surface area contributed by atoms with Gasteiger partial charge >= 0.3 is 5.97 Å². The predicted octanol–water partition coefficient (Wildman–Crippen LogP) is 4.33. The van der Waals surface area contributed by atoms with Crippen LogP contribution in [0.15, 0.2) is 78.9 Å². The molecule has 5 nitrogen and oxygen atoms in total. The number of benzene rings is 3. The highest BCUT2D eigenvalue weighted by atomic mass is 16.5. The minimum Gasteiger partial charge on any atom is -0.489 e. The summed E-state index contributed by atoms with van der Waals surface area (Å²) in [6.45, 7) is 0.379. The number of ketones is 1. The van der Waals surface area contributed by atoms with E-state index in [2.05, 4.69) is 0 Å². The first-order valence-corrected chi connectivity index (χ1v) is 9.68. The molecule has 154 valence electrons. The van der Waals surface area contributed by atoms with E-state index in [0.29, 0.717) is 30.8 Å². The summed E-state index contributed by atoms with van der Waals surface area (Å²) in [5.74, 6) is -0.227. The van der Waals surface area contributed by atoms with Gasteiger partial charge in [-0.05, 0) is 41.0 Å². The van der Waals surface area contributed by atoms with Crippen LogP contribution in [-0.4, -0.2) is 30.1 Å². The average molecular weight is 404 g/mol. The van der Waals surface area contributed by atoms with Crippen molar-refractivity contribution in [2.75, 3.05) is 7.11 Å². The van der Waals surface area contributed by atoms with Crippen molar-refractivity contribution in [3.05, 3.63) is 101 Å². The number of rotatable bonds is 10. The van der Waals surface area contributed by atoms with E-state index in [-0.39, 0.29) is 5.78 Å². The molecular formula is C25H24O5. The lowest BCUT2D eigenvalue weighted by Gasteiger charge is -2.11. The van der Waals surface area contributed by atoms with Gasteiger partial charge in [-0.3, -0.25) is 4.79 Å². The third-order valence-corrected chi connectivity index (χ3v) is 4.79. The highest BCUT2D eigenvalue weighted by Gasteiger charge is 2.16. The van der Waals surface area contributed by atoms with Crippen molar-refractivity contribution >= 4 is 11.8 Å². The Morgan fingerprint density at radius 2 is 1.47 bits per heavy atom. The molecule has 0 heterocycles. The van der Waals surface area contributed by atoms with Crippen LogP contribution in [-0.2, 0) is 29.0 Å². The average Bonchev–Trinajstić information content (AvgIpc) is 2.77. The van der Waals surface area contributed by atoms with Crippen LogP contribution in [0.1, 0.15) is 27.0 Å². The molecule has 5 heteroatoms. The highest BCUT2D eigenvalue weighted by molar-refractivity contribution is 5.97. The number of aliphatic carboxylic acids is 1. The molecule has 0 aliphatic rings. The zero-order valence-corrected chi connectivity index (χ0v) is 16.8. The van der Waals surface area contributed by atoms with Crippen LogP contribution in [0.25, 0.3) is 0 Å². The summed E-state index contributed by atoms with van der Waals surface area (Å²) >= 11 is 0. The van der Waals surface area contributed by atoms with Gasteiger partial charge < -0.3 is 14.6 Å². The van der Waals surface area contributed by atoms with E-state index in [0.717, 1.165) is 16.7 Å². The Morgan fingerprint density at radius 3 is 2.07 bits per heavy atom. The minimum atomic E-state index is -0.976. The fourth-order valence-corrected chi connectivity index (χ4v) is 3.04. The summed E-state index contributed by atoms with van der Waals surface area (Å²) in [4.78, 5) is 23.4. The molecule has 0 saturated heterocycles. The van der Waals surface area contributed by atoms with Crippen molar-refractivity contribution in [1.29, 1.82) is 0 Å². The monoisotopic (exact) mass is 404 g/mol. The van der Waals surface area contributed by atoms with Gasteiger partial charge in [0.2, 0.25) is 0 Å². The van der Waals surface area contributed by atoms with Gasteiger partial charge in [0, 0.05) is 25.5 Å². The summed E-state index contributed by atoms with van der Waals surface area (Å²) in [5.41, 5.74) is 3.50. The van der Waals surface area contributed by atoms with Crippen molar-refractivity contribution in [2.45, 2.75) is 25.6 Å². The second-order valence-corrected chi connectivity index (χ2v) is 6.98. The van der Waals surface area contributed by atoms with Crippen LogP contribution < -0.4 is 4.74 Å². The molecule has 0 aromatic heterocycles. The normalized spacial score (nSPS) is 11.6. The van der Waals surface area contributed by atoms with Crippen LogP contribution in [0.4, 0.5) is 0 Å². The molecule has 0 saturated carbocycles. The standard InChI is InChI=1S/C25H24O5/c1-29-24(25(27)28)16-19-7-9-20(10-8-19)17-30-22-13-11-21(12-14-22)23(26)15-18-5-3-2-4-6-18/h2-14,24H,15-17H2,1H3,(H,27,28)/t24-/m0/s1. The Hall–Kier alpha value is -3.44. The molecule has 30 heavy (non-hydrogen) atoms. The molecule has 0 aliphatic carbocycles. The van der Waals surface area contributed by atoms with Gasteiger partial charge in [-0.15, -0.1) is 0 Å². The molecule has 0 spiro atoms. The second-order valence-electron chi connectivity index (χ2n) is 6.98. The lowest BCUT2D eigenvalue weighted by molar-refractivity contribution is -0.148. The zero-order valence-electron chi connectivity index (χ0n) is 16.8. The first-order valence-electron chi connectivity index (χ1n) is 9.68. The number of carboxylic acids is 1. The third kappa shape index (κ3) is 6.03. The summed E-state index contributed by atoms with van der Waals surface area (Å²) in [7, 11) is 1.39. The number of methoxy groups -OCH3 is 1. The van der Waals surface area contributed by atoms with Gasteiger partial charge in [0.25, 0.3) is 0 Å². The molecule has 1 N–H and O–H groups in total. The summed E-state index contributed by atoms with van der Waals surface area (Å²) in [5, 5.41) is 9.06. The van der Waals surface area contributed by atoms with Crippen LogP contribution in [0.2, 0.25) is 0 Å². The predicted molar refractivity (Wildman–Crippen MR) is 114 cm³/mol. The van der Waals surface area contributed by atoms with Gasteiger partial charge in [-0.2, -0.15) is 0 Å². The Morgan fingerprint density at radius 1 is 0.833 bits per heavy atom. The number of carbonyl (C=O) groups excluding carboxylic acids is 1. The first kappa shape index (κ1) is 21.3. The van der Waals surface area contributed by atoms with E-state index < -0.39 is 12.1 Å². The van der Waals surface area contributed by atoms with E-state index in [1.54, 1.807) is 24.3 Å². The minimum absolute atomic E-state index is 0.0686. The summed E-state index contributed by atoms with van der Waals surface area (Å²) in [6.07, 6.45) is -0.166. The van der Waals surface area contributed by atoms with Crippen LogP contribution in [0.5, 0.6) is 5.75 Å². The molecule has 0 radical (unpaired) electrons. The second kappa shape index (κ2) is 10.4. The van der Waals surface area contributed by atoms with Crippen molar-refractivity contribution in [1.82, 2.24) is 0 Å². The number of Topliss-reactive ketones (excluding diaryl/α,β-unsaturated/α-hetero) is 1. The van der Waals surface area contributed by atoms with Crippen molar-refractivity contribution in [3.63, 3.8) is 0 Å². The molecule has 0 bridgehead atoms. The van der Waals surface area contributed by atoms with Gasteiger partial charge in [-0.25, -0.2) is 4.79 Å². The van der Waals surface area contributed by atoms with Gasteiger partial charge in [0.15, 0.2) is 11.9 Å². The smallest absolute Gasteiger partial charge is 0.333 e.